The normalized spacial score (nSPS) is 26.5. The molecule has 0 aromatic heterocycles. The van der Waals surface area contributed by atoms with Gasteiger partial charge in [-0.2, -0.15) is 0 Å². The van der Waals surface area contributed by atoms with Gasteiger partial charge < -0.3 is 10.4 Å². The van der Waals surface area contributed by atoms with E-state index in [2.05, 4.69) is 33.4 Å². The zero-order valence-electron chi connectivity index (χ0n) is 8.62. The van der Waals surface area contributed by atoms with Gasteiger partial charge in [-0.05, 0) is 37.1 Å². The van der Waals surface area contributed by atoms with Crippen molar-refractivity contribution in [2.75, 3.05) is 13.1 Å². The van der Waals surface area contributed by atoms with Gasteiger partial charge in [-0.3, -0.25) is 0 Å². The van der Waals surface area contributed by atoms with Gasteiger partial charge >= 0.3 is 0 Å². The van der Waals surface area contributed by atoms with E-state index < -0.39 is 0 Å². The molecule has 1 aliphatic heterocycles. The van der Waals surface area contributed by atoms with Crippen molar-refractivity contribution in [2.45, 2.75) is 18.9 Å². The molecule has 1 fully saturated rings. The molecule has 1 heterocycles. The highest BCUT2D eigenvalue weighted by atomic mass is 79.9. The molecule has 2 N–H and O–H groups in total. The van der Waals surface area contributed by atoms with E-state index >= 15 is 0 Å². The molecule has 1 aromatic rings. The van der Waals surface area contributed by atoms with Gasteiger partial charge in [-0.25, -0.2) is 0 Å². The molecule has 2 rings (SSSR count). The van der Waals surface area contributed by atoms with Crippen molar-refractivity contribution in [2.24, 2.45) is 5.92 Å². The van der Waals surface area contributed by atoms with Gasteiger partial charge in [0.2, 0.25) is 0 Å². The second-order valence-corrected chi connectivity index (χ2v) is 5.07. The maximum absolute atomic E-state index is 9.85. The molecule has 1 saturated heterocycles. The van der Waals surface area contributed by atoms with Crippen molar-refractivity contribution >= 4 is 15.9 Å². The molecule has 15 heavy (non-hydrogen) atoms. The molecule has 0 saturated carbocycles. The maximum atomic E-state index is 9.85. The lowest BCUT2D eigenvalue weighted by molar-refractivity contribution is 0.0791. The number of benzene rings is 1. The smallest absolute Gasteiger partial charge is 0.0595 e. The number of piperidine rings is 1. The van der Waals surface area contributed by atoms with Crippen LogP contribution in [0.2, 0.25) is 0 Å². The summed E-state index contributed by atoms with van der Waals surface area (Å²) < 4.78 is 1.11. The van der Waals surface area contributed by atoms with E-state index in [4.69, 9.17) is 0 Å². The van der Waals surface area contributed by atoms with Crippen LogP contribution in [0.25, 0.3) is 0 Å². The number of hydrogen-bond donors (Lipinski definition) is 2. The monoisotopic (exact) mass is 269 g/mol. The fraction of sp³-hybridized carbons (Fsp3) is 0.500. The quantitative estimate of drug-likeness (QED) is 0.861. The van der Waals surface area contributed by atoms with Crippen LogP contribution in [0.1, 0.15) is 12.0 Å². The van der Waals surface area contributed by atoms with Gasteiger partial charge in [0.1, 0.15) is 0 Å². The summed E-state index contributed by atoms with van der Waals surface area (Å²) >= 11 is 3.46. The molecule has 0 spiro atoms. The average molecular weight is 270 g/mol. The van der Waals surface area contributed by atoms with E-state index in [1.807, 2.05) is 12.1 Å². The fourth-order valence-corrected chi connectivity index (χ4v) is 2.53. The first-order chi connectivity index (χ1) is 7.25. The minimum absolute atomic E-state index is 0.148. The number of hydrogen-bond acceptors (Lipinski definition) is 2. The summed E-state index contributed by atoms with van der Waals surface area (Å²) in [5, 5.41) is 13.2. The van der Waals surface area contributed by atoms with Crippen LogP contribution in [0.5, 0.6) is 0 Å². The lowest BCUT2D eigenvalue weighted by atomic mass is 9.90. The number of rotatable bonds is 2. The minimum Gasteiger partial charge on any atom is -0.393 e. The van der Waals surface area contributed by atoms with Gasteiger partial charge in [0.25, 0.3) is 0 Å². The van der Waals surface area contributed by atoms with Gasteiger partial charge in [-0.15, -0.1) is 0 Å². The maximum Gasteiger partial charge on any atom is 0.0595 e. The van der Waals surface area contributed by atoms with Crippen LogP contribution in [-0.4, -0.2) is 24.3 Å². The summed E-state index contributed by atoms with van der Waals surface area (Å²) in [6, 6.07) is 8.31. The van der Waals surface area contributed by atoms with Crippen LogP contribution in [0.4, 0.5) is 0 Å². The highest BCUT2D eigenvalue weighted by molar-refractivity contribution is 9.10. The van der Waals surface area contributed by atoms with Crippen molar-refractivity contribution < 1.29 is 5.11 Å². The third kappa shape index (κ3) is 3.03. The molecule has 3 heteroatoms. The lowest BCUT2D eigenvalue weighted by Gasteiger charge is -2.28. The van der Waals surface area contributed by atoms with E-state index in [-0.39, 0.29) is 6.10 Å². The van der Waals surface area contributed by atoms with Crippen LogP contribution in [0.15, 0.2) is 28.7 Å². The SMILES string of the molecule is OC1CCNCC1Cc1cccc(Br)c1. The Morgan fingerprint density at radius 2 is 2.33 bits per heavy atom. The van der Waals surface area contributed by atoms with Crippen LogP contribution >= 0.6 is 15.9 Å². The highest BCUT2D eigenvalue weighted by Gasteiger charge is 2.22. The van der Waals surface area contributed by atoms with Crippen LogP contribution in [0.3, 0.4) is 0 Å². The van der Waals surface area contributed by atoms with Crippen LogP contribution in [-0.2, 0) is 6.42 Å². The Morgan fingerprint density at radius 1 is 1.47 bits per heavy atom. The Balaban J connectivity index is 2.01. The zero-order chi connectivity index (χ0) is 10.7. The Kier molecular flexibility index (Phi) is 3.78. The zero-order valence-corrected chi connectivity index (χ0v) is 10.2. The van der Waals surface area contributed by atoms with E-state index in [0.717, 1.165) is 30.4 Å². The number of aliphatic hydroxyl groups is 1. The molecule has 82 valence electrons. The van der Waals surface area contributed by atoms with E-state index in [0.29, 0.717) is 5.92 Å². The van der Waals surface area contributed by atoms with E-state index in [1.54, 1.807) is 0 Å². The molecule has 2 atom stereocenters. The second kappa shape index (κ2) is 5.10. The van der Waals surface area contributed by atoms with E-state index in [9.17, 15) is 5.11 Å². The summed E-state index contributed by atoms with van der Waals surface area (Å²) in [5.74, 6) is 0.355. The average Bonchev–Trinajstić information content (AvgIpc) is 2.22. The summed E-state index contributed by atoms with van der Waals surface area (Å²) in [4.78, 5) is 0. The third-order valence-electron chi connectivity index (χ3n) is 2.95. The lowest BCUT2D eigenvalue weighted by Crippen LogP contribution is -2.40. The Morgan fingerprint density at radius 3 is 3.07 bits per heavy atom. The minimum atomic E-state index is -0.148. The summed E-state index contributed by atoms with van der Waals surface area (Å²) in [6.07, 6.45) is 1.68. The molecule has 0 aliphatic carbocycles. The van der Waals surface area contributed by atoms with Crippen molar-refractivity contribution in [3.05, 3.63) is 34.3 Å². The molecule has 2 unspecified atom stereocenters. The summed E-state index contributed by atoms with van der Waals surface area (Å²) in [5.41, 5.74) is 1.29. The number of nitrogens with one attached hydrogen (secondary N) is 1. The number of halogens is 1. The van der Waals surface area contributed by atoms with Crippen molar-refractivity contribution in [1.29, 1.82) is 0 Å². The third-order valence-corrected chi connectivity index (χ3v) is 3.45. The first-order valence-corrected chi connectivity index (χ1v) is 6.18. The predicted octanol–water partition coefficient (Wildman–Crippen LogP) is 1.96. The summed E-state index contributed by atoms with van der Waals surface area (Å²) in [6.45, 7) is 1.86. The molecule has 0 amide bonds. The molecule has 1 aromatic carbocycles. The second-order valence-electron chi connectivity index (χ2n) is 4.15. The molecule has 0 radical (unpaired) electrons. The first kappa shape index (κ1) is 11.1. The Labute approximate surface area is 98.8 Å². The van der Waals surface area contributed by atoms with Gasteiger partial charge in [0.05, 0.1) is 6.10 Å². The predicted molar refractivity (Wildman–Crippen MR) is 64.8 cm³/mol. The Hall–Kier alpha value is -0.380. The van der Waals surface area contributed by atoms with Crippen LogP contribution < -0.4 is 5.32 Å². The largest absolute Gasteiger partial charge is 0.393 e. The van der Waals surface area contributed by atoms with Gasteiger partial charge in [-0.1, -0.05) is 28.1 Å². The molecular formula is C12H16BrNO. The molecular weight excluding hydrogens is 254 g/mol. The standard InChI is InChI=1S/C12H16BrNO/c13-11-3-1-2-9(7-11)6-10-8-14-5-4-12(10)15/h1-3,7,10,12,14-15H,4-6,8H2. The van der Waals surface area contributed by atoms with E-state index in [1.165, 1.54) is 5.56 Å². The van der Waals surface area contributed by atoms with Crippen molar-refractivity contribution in [3.63, 3.8) is 0 Å². The number of aliphatic hydroxyl groups excluding tert-OH is 1. The molecule has 1 aliphatic rings. The van der Waals surface area contributed by atoms with Crippen molar-refractivity contribution in [3.8, 4) is 0 Å². The van der Waals surface area contributed by atoms with Gasteiger partial charge in [0, 0.05) is 16.9 Å². The fourth-order valence-electron chi connectivity index (χ4n) is 2.08. The first-order valence-electron chi connectivity index (χ1n) is 5.39. The topological polar surface area (TPSA) is 32.3 Å². The molecule has 0 bridgehead atoms. The Bertz CT molecular complexity index is 329. The van der Waals surface area contributed by atoms with Crippen molar-refractivity contribution in [1.82, 2.24) is 5.32 Å². The molecule has 2 nitrogen and oxygen atoms in total. The van der Waals surface area contributed by atoms with Gasteiger partial charge in [0.15, 0.2) is 0 Å². The highest BCUT2D eigenvalue weighted by Crippen LogP contribution is 2.19. The summed E-state index contributed by atoms with van der Waals surface area (Å²) in [7, 11) is 0. The van der Waals surface area contributed by atoms with Crippen LogP contribution in [0, 0.1) is 5.92 Å².